The van der Waals surface area contributed by atoms with Crippen LogP contribution < -0.4 is 5.32 Å². The zero-order valence-corrected chi connectivity index (χ0v) is 10.3. The van der Waals surface area contributed by atoms with Gasteiger partial charge in [0.2, 0.25) is 0 Å². The molecule has 1 aromatic rings. The smallest absolute Gasteiger partial charge is 0.312 e. The Hall–Kier alpha value is -1.04. The van der Waals surface area contributed by atoms with Gasteiger partial charge in [0.1, 0.15) is 0 Å². The molecule has 6 heteroatoms. The quantitative estimate of drug-likeness (QED) is 0.869. The van der Waals surface area contributed by atoms with Crippen LogP contribution in [0.25, 0.3) is 0 Å². The monoisotopic (exact) mass is 249 g/mol. The Labute approximate surface area is 99.0 Å². The van der Waals surface area contributed by atoms with Crippen molar-refractivity contribution in [1.82, 2.24) is 15.1 Å². The van der Waals surface area contributed by atoms with Gasteiger partial charge in [0.25, 0.3) is 0 Å². The molecule has 0 aliphatic heterocycles. The van der Waals surface area contributed by atoms with Gasteiger partial charge in [-0.15, -0.1) is 0 Å². The topological polar surface area (TPSA) is 29.9 Å². The van der Waals surface area contributed by atoms with Crippen LogP contribution in [-0.2, 0) is 12.7 Å². The lowest BCUT2D eigenvalue weighted by Crippen LogP contribution is -2.33. The minimum absolute atomic E-state index is 0.340. The van der Waals surface area contributed by atoms with E-state index in [1.807, 2.05) is 0 Å². The standard InChI is InChI=1S/C11H18F3N3/c1-8(2)9(3)15-4-5-17-7-10(6-16-17)11(12,13)14/h6-9,15H,4-5H2,1-3H3. The molecule has 1 heterocycles. The van der Waals surface area contributed by atoms with E-state index in [9.17, 15) is 13.2 Å². The van der Waals surface area contributed by atoms with E-state index in [0.29, 0.717) is 25.0 Å². The van der Waals surface area contributed by atoms with Crippen LogP contribution >= 0.6 is 0 Å². The summed E-state index contributed by atoms with van der Waals surface area (Å²) < 4.78 is 38.2. The number of aromatic nitrogens is 2. The molecule has 1 N–H and O–H groups in total. The highest BCUT2D eigenvalue weighted by Gasteiger charge is 2.32. The second-order valence-corrected chi connectivity index (χ2v) is 4.48. The van der Waals surface area contributed by atoms with Crippen molar-refractivity contribution >= 4 is 0 Å². The molecule has 0 saturated carbocycles. The fraction of sp³-hybridized carbons (Fsp3) is 0.727. The molecule has 0 amide bonds. The summed E-state index contributed by atoms with van der Waals surface area (Å²) in [5.41, 5.74) is -0.700. The molecule has 0 aromatic carbocycles. The average Bonchev–Trinajstić information content (AvgIpc) is 2.65. The SMILES string of the molecule is CC(C)C(C)NCCn1cc(C(F)(F)F)cn1. The van der Waals surface area contributed by atoms with Crippen LogP contribution in [-0.4, -0.2) is 22.4 Å². The number of hydrogen-bond acceptors (Lipinski definition) is 2. The first kappa shape index (κ1) is 14.0. The summed E-state index contributed by atoms with van der Waals surface area (Å²) in [6.45, 7) is 7.28. The lowest BCUT2D eigenvalue weighted by Gasteiger charge is -2.17. The summed E-state index contributed by atoms with van der Waals surface area (Å²) in [6.07, 6.45) is -2.43. The Bertz CT molecular complexity index is 344. The summed E-state index contributed by atoms with van der Waals surface area (Å²) in [5.74, 6) is 0.498. The molecule has 0 saturated heterocycles. The minimum atomic E-state index is -4.31. The van der Waals surface area contributed by atoms with E-state index in [1.54, 1.807) is 0 Å². The fourth-order valence-corrected chi connectivity index (χ4v) is 1.27. The van der Waals surface area contributed by atoms with Crippen LogP contribution in [0, 0.1) is 5.92 Å². The van der Waals surface area contributed by atoms with Crippen molar-refractivity contribution < 1.29 is 13.2 Å². The highest BCUT2D eigenvalue weighted by molar-refractivity contribution is 5.08. The van der Waals surface area contributed by atoms with E-state index < -0.39 is 11.7 Å². The summed E-state index contributed by atoms with van der Waals surface area (Å²) >= 11 is 0. The van der Waals surface area contributed by atoms with Crippen LogP contribution in [0.5, 0.6) is 0 Å². The third-order valence-corrected chi connectivity index (χ3v) is 2.77. The molecule has 0 aliphatic carbocycles. The molecule has 0 bridgehead atoms. The van der Waals surface area contributed by atoms with Crippen molar-refractivity contribution in [3.63, 3.8) is 0 Å². The van der Waals surface area contributed by atoms with Crippen molar-refractivity contribution in [3.05, 3.63) is 18.0 Å². The zero-order chi connectivity index (χ0) is 13.1. The van der Waals surface area contributed by atoms with E-state index in [-0.39, 0.29) is 0 Å². The molecule has 0 fully saturated rings. The molecular formula is C11H18F3N3. The Morgan fingerprint density at radius 1 is 1.35 bits per heavy atom. The van der Waals surface area contributed by atoms with E-state index in [0.717, 1.165) is 12.4 Å². The van der Waals surface area contributed by atoms with Gasteiger partial charge in [-0.3, -0.25) is 4.68 Å². The highest BCUT2D eigenvalue weighted by atomic mass is 19.4. The van der Waals surface area contributed by atoms with Gasteiger partial charge in [0.05, 0.1) is 18.3 Å². The summed E-state index contributed by atoms with van der Waals surface area (Å²) in [6, 6.07) is 0.340. The van der Waals surface area contributed by atoms with Crippen LogP contribution in [0.1, 0.15) is 26.3 Å². The largest absolute Gasteiger partial charge is 0.419 e. The van der Waals surface area contributed by atoms with Crippen molar-refractivity contribution in [2.24, 2.45) is 5.92 Å². The third-order valence-electron chi connectivity index (χ3n) is 2.77. The normalized spacial score (nSPS) is 14.3. The molecule has 1 atom stereocenters. The van der Waals surface area contributed by atoms with E-state index in [1.165, 1.54) is 4.68 Å². The van der Waals surface area contributed by atoms with Crippen LogP contribution in [0.2, 0.25) is 0 Å². The average molecular weight is 249 g/mol. The molecule has 17 heavy (non-hydrogen) atoms. The molecule has 1 rings (SSSR count). The first-order valence-electron chi connectivity index (χ1n) is 5.63. The fourth-order valence-electron chi connectivity index (χ4n) is 1.27. The van der Waals surface area contributed by atoms with Crippen molar-refractivity contribution in [1.29, 1.82) is 0 Å². The molecular weight excluding hydrogens is 231 g/mol. The Morgan fingerprint density at radius 3 is 2.47 bits per heavy atom. The second-order valence-electron chi connectivity index (χ2n) is 4.48. The molecule has 0 radical (unpaired) electrons. The summed E-state index contributed by atoms with van der Waals surface area (Å²) in [4.78, 5) is 0. The van der Waals surface area contributed by atoms with E-state index in [2.05, 4.69) is 31.2 Å². The molecule has 0 aliphatic rings. The molecule has 1 unspecified atom stereocenters. The van der Waals surface area contributed by atoms with Gasteiger partial charge >= 0.3 is 6.18 Å². The van der Waals surface area contributed by atoms with Crippen LogP contribution in [0.4, 0.5) is 13.2 Å². The Kier molecular flexibility index (Phi) is 4.56. The van der Waals surface area contributed by atoms with Gasteiger partial charge in [-0.2, -0.15) is 18.3 Å². The molecule has 98 valence electrons. The number of nitrogens with one attached hydrogen (secondary N) is 1. The van der Waals surface area contributed by atoms with Gasteiger partial charge in [0.15, 0.2) is 0 Å². The zero-order valence-electron chi connectivity index (χ0n) is 10.3. The highest BCUT2D eigenvalue weighted by Crippen LogP contribution is 2.28. The van der Waals surface area contributed by atoms with E-state index >= 15 is 0 Å². The number of nitrogens with zero attached hydrogens (tertiary/aromatic N) is 2. The number of halogens is 3. The first-order chi connectivity index (χ1) is 7.80. The van der Waals surface area contributed by atoms with Crippen molar-refractivity contribution in [3.8, 4) is 0 Å². The first-order valence-corrected chi connectivity index (χ1v) is 5.63. The van der Waals surface area contributed by atoms with Gasteiger partial charge in [-0.1, -0.05) is 13.8 Å². The van der Waals surface area contributed by atoms with Gasteiger partial charge in [-0.05, 0) is 12.8 Å². The molecule has 1 aromatic heterocycles. The van der Waals surface area contributed by atoms with Crippen molar-refractivity contribution in [2.45, 2.75) is 39.5 Å². The predicted octanol–water partition coefficient (Wildman–Crippen LogP) is 2.54. The van der Waals surface area contributed by atoms with Gasteiger partial charge in [0, 0.05) is 18.8 Å². The summed E-state index contributed by atoms with van der Waals surface area (Å²) in [5, 5.41) is 6.92. The number of alkyl halides is 3. The number of hydrogen-bond donors (Lipinski definition) is 1. The minimum Gasteiger partial charge on any atom is -0.312 e. The third kappa shape index (κ3) is 4.38. The Balaban J connectivity index is 2.41. The predicted molar refractivity (Wildman–Crippen MR) is 59.5 cm³/mol. The molecule has 3 nitrogen and oxygen atoms in total. The Morgan fingerprint density at radius 2 is 2.00 bits per heavy atom. The van der Waals surface area contributed by atoms with Crippen LogP contribution in [0.3, 0.4) is 0 Å². The van der Waals surface area contributed by atoms with Crippen molar-refractivity contribution in [2.75, 3.05) is 6.54 Å². The van der Waals surface area contributed by atoms with E-state index in [4.69, 9.17) is 0 Å². The maximum atomic E-state index is 12.3. The second kappa shape index (κ2) is 5.53. The van der Waals surface area contributed by atoms with Gasteiger partial charge < -0.3 is 5.32 Å². The maximum absolute atomic E-state index is 12.3. The molecule has 0 spiro atoms. The van der Waals surface area contributed by atoms with Gasteiger partial charge in [-0.25, -0.2) is 0 Å². The summed E-state index contributed by atoms with van der Waals surface area (Å²) in [7, 11) is 0. The lowest BCUT2D eigenvalue weighted by atomic mass is 10.1. The van der Waals surface area contributed by atoms with Crippen LogP contribution in [0.15, 0.2) is 12.4 Å². The lowest BCUT2D eigenvalue weighted by molar-refractivity contribution is -0.137. The maximum Gasteiger partial charge on any atom is 0.419 e. The number of rotatable bonds is 5.